The SMILES string of the molecule is O=CCC[C@@H](C=O)NC(=O)c1ccccc1. The van der Waals surface area contributed by atoms with Crippen molar-refractivity contribution in [3.05, 3.63) is 35.9 Å². The van der Waals surface area contributed by atoms with E-state index in [0.717, 1.165) is 6.29 Å². The fraction of sp³-hybridized carbons (Fsp3) is 0.250. The van der Waals surface area contributed by atoms with Crippen LogP contribution in [0.5, 0.6) is 0 Å². The van der Waals surface area contributed by atoms with Gasteiger partial charge in [0.25, 0.3) is 5.91 Å². The molecule has 0 heterocycles. The van der Waals surface area contributed by atoms with E-state index in [1.807, 2.05) is 0 Å². The van der Waals surface area contributed by atoms with E-state index in [4.69, 9.17) is 0 Å². The van der Waals surface area contributed by atoms with Crippen LogP contribution < -0.4 is 5.32 Å². The van der Waals surface area contributed by atoms with Gasteiger partial charge in [0, 0.05) is 12.0 Å². The molecule has 0 saturated carbocycles. The van der Waals surface area contributed by atoms with Crippen LogP contribution in [0, 0.1) is 0 Å². The molecule has 16 heavy (non-hydrogen) atoms. The molecule has 0 aromatic heterocycles. The molecule has 0 spiro atoms. The Morgan fingerprint density at radius 1 is 1.25 bits per heavy atom. The van der Waals surface area contributed by atoms with Gasteiger partial charge in [-0.05, 0) is 18.6 Å². The highest BCUT2D eigenvalue weighted by Crippen LogP contribution is 2.00. The van der Waals surface area contributed by atoms with Gasteiger partial charge in [-0.25, -0.2) is 0 Å². The lowest BCUT2D eigenvalue weighted by Crippen LogP contribution is -2.36. The zero-order valence-corrected chi connectivity index (χ0v) is 8.76. The molecule has 1 aromatic rings. The van der Waals surface area contributed by atoms with Gasteiger partial charge in [0.2, 0.25) is 0 Å². The summed E-state index contributed by atoms with van der Waals surface area (Å²) in [5.41, 5.74) is 0.500. The summed E-state index contributed by atoms with van der Waals surface area (Å²) in [6, 6.07) is 8.03. The van der Waals surface area contributed by atoms with Crippen molar-refractivity contribution in [2.45, 2.75) is 18.9 Å². The van der Waals surface area contributed by atoms with Crippen molar-refractivity contribution in [2.24, 2.45) is 0 Å². The summed E-state index contributed by atoms with van der Waals surface area (Å²) in [4.78, 5) is 32.4. The monoisotopic (exact) mass is 219 g/mol. The third-order valence-corrected chi connectivity index (χ3v) is 2.11. The maximum atomic E-state index is 11.6. The van der Waals surface area contributed by atoms with Gasteiger partial charge in [0.15, 0.2) is 0 Å². The van der Waals surface area contributed by atoms with Gasteiger partial charge < -0.3 is 14.9 Å². The lowest BCUT2D eigenvalue weighted by atomic mass is 10.1. The van der Waals surface area contributed by atoms with Crippen LogP contribution in [-0.2, 0) is 9.59 Å². The zero-order valence-electron chi connectivity index (χ0n) is 8.76. The fourth-order valence-corrected chi connectivity index (χ4v) is 1.26. The minimum Gasteiger partial charge on any atom is -0.343 e. The van der Waals surface area contributed by atoms with Crippen molar-refractivity contribution in [1.82, 2.24) is 5.32 Å². The normalized spacial score (nSPS) is 11.5. The van der Waals surface area contributed by atoms with E-state index in [1.165, 1.54) is 0 Å². The molecule has 0 bridgehead atoms. The largest absolute Gasteiger partial charge is 0.343 e. The van der Waals surface area contributed by atoms with Crippen molar-refractivity contribution in [3.63, 3.8) is 0 Å². The number of nitrogens with one attached hydrogen (secondary N) is 1. The molecule has 0 saturated heterocycles. The Bertz CT molecular complexity index is 362. The van der Waals surface area contributed by atoms with Gasteiger partial charge in [-0.3, -0.25) is 4.79 Å². The summed E-state index contributed by atoms with van der Waals surface area (Å²) in [5.74, 6) is -0.302. The molecule has 1 atom stereocenters. The van der Waals surface area contributed by atoms with Crippen molar-refractivity contribution in [1.29, 1.82) is 0 Å². The Morgan fingerprint density at radius 3 is 2.50 bits per heavy atom. The number of benzene rings is 1. The second-order valence-electron chi connectivity index (χ2n) is 3.33. The minimum absolute atomic E-state index is 0.262. The smallest absolute Gasteiger partial charge is 0.251 e. The third-order valence-electron chi connectivity index (χ3n) is 2.11. The van der Waals surface area contributed by atoms with Gasteiger partial charge >= 0.3 is 0 Å². The number of hydrogen-bond donors (Lipinski definition) is 1. The molecule has 0 aliphatic rings. The van der Waals surface area contributed by atoms with E-state index in [-0.39, 0.29) is 12.3 Å². The number of aldehydes is 2. The average Bonchev–Trinajstić information content (AvgIpc) is 2.35. The number of rotatable bonds is 6. The van der Waals surface area contributed by atoms with E-state index < -0.39 is 6.04 Å². The lowest BCUT2D eigenvalue weighted by molar-refractivity contribution is -0.110. The number of carbonyl (C=O) groups is 3. The third kappa shape index (κ3) is 3.65. The first-order chi connectivity index (χ1) is 7.77. The highest BCUT2D eigenvalue weighted by atomic mass is 16.2. The molecule has 84 valence electrons. The van der Waals surface area contributed by atoms with Crippen molar-refractivity contribution >= 4 is 18.5 Å². The predicted molar refractivity (Wildman–Crippen MR) is 59.1 cm³/mol. The quantitative estimate of drug-likeness (QED) is 0.725. The summed E-state index contributed by atoms with van der Waals surface area (Å²) >= 11 is 0. The fourth-order valence-electron chi connectivity index (χ4n) is 1.26. The Labute approximate surface area is 93.7 Å². The summed E-state index contributed by atoms with van der Waals surface area (Å²) < 4.78 is 0. The van der Waals surface area contributed by atoms with Gasteiger partial charge in [-0.1, -0.05) is 18.2 Å². The molecule has 1 rings (SSSR count). The van der Waals surface area contributed by atoms with Crippen molar-refractivity contribution in [3.8, 4) is 0 Å². The van der Waals surface area contributed by atoms with E-state index in [2.05, 4.69) is 5.32 Å². The van der Waals surface area contributed by atoms with Gasteiger partial charge in [-0.15, -0.1) is 0 Å². The predicted octanol–water partition coefficient (Wildman–Crippen LogP) is 0.963. The topological polar surface area (TPSA) is 63.2 Å². The summed E-state index contributed by atoms with van der Waals surface area (Å²) in [7, 11) is 0. The highest BCUT2D eigenvalue weighted by Gasteiger charge is 2.11. The Balaban J connectivity index is 2.55. The van der Waals surface area contributed by atoms with Gasteiger partial charge in [0.05, 0.1) is 6.04 Å². The first-order valence-electron chi connectivity index (χ1n) is 5.02. The maximum Gasteiger partial charge on any atom is 0.251 e. The van der Waals surface area contributed by atoms with E-state index in [0.29, 0.717) is 18.3 Å². The van der Waals surface area contributed by atoms with E-state index >= 15 is 0 Å². The average molecular weight is 219 g/mol. The molecular weight excluding hydrogens is 206 g/mol. The molecule has 1 aromatic carbocycles. The molecule has 0 unspecified atom stereocenters. The van der Waals surface area contributed by atoms with E-state index in [9.17, 15) is 14.4 Å². The highest BCUT2D eigenvalue weighted by molar-refractivity contribution is 5.95. The summed E-state index contributed by atoms with van der Waals surface area (Å²) in [6.07, 6.45) is 1.97. The Hall–Kier alpha value is -1.97. The lowest BCUT2D eigenvalue weighted by Gasteiger charge is -2.10. The van der Waals surface area contributed by atoms with Crippen LogP contribution in [0.1, 0.15) is 23.2 Å². The first kappa shape index (κ1) is 12.1. The van der Waals surface area contributed by atoms with Gasteiger partial charge in [-0.2, -0.15) is 0 Å². The van der Waals surface area contributed by atoms with Crippen LogP contribution in [0.3, 0.4) is 0 Å². The summed E-state index contributed by atoms with van der Waals surface area (Å²) in [6.45, 7) is 0. The van der Waals surface area contributed by atoms with E-state index in [1.54, 1.807) is 30.3 Å². The molecule has 1 N–H and O–H groups in total. The van der Waals surface area contributed by atoms with Crippen LogP contribution in [0.25, 0.3) is 0 Å². The van der Waals surface area contributed by atoms with Crippen molar-refractivity contribution < 1.29 is 14.4 Å². The van der Waals surface area contributed by atoms with Crippen molar-refractivity contribution in [2.75, 3.05) is 0 Å². The second kappa shape index (κ2) is 6.50. The maximum absolute atomic E-state index is 11.6. The molecule has 1 amide bonds. The molecule has 0 radical (unpaired) electrons. The van der Waals surface area contributed by atoms with Crippen LogP contribution >= 0.6 is 0 Å². The molecule has 0 aliphatic heterocycles. The number of hydrogen-bond acceptors (Lipinski definition) is 3. The van der Waals surface area contributed by atoms with Gasteiger partial charge in [0.1, 0.15) is 12.6 Å². The molecule has 0 aliphatic carbocycles. The minimum atomic E-state index is -0.599. The molecule has 0 fully saturated rings. The molecular formula is C12H13NO3. The number of amides is 1. The van der Waals surface area contributed by atoms with Crippen LogP contribution in [0.2, 0.25) is 0 Å². The Morgan fingerprint density at radius 2 is 1.94 bits per heavy atom. The molecule has 4 heteroatoms. The molecule has 4 nitrogen and oxygen atoms in total. The Kier molecular flexibility index (Phi) is 4.92. The van der Waals surface area contributed by atoms with Crippen LogP contribution in [0.4, 0.5) is 0 Å². The standard InChI is InChI=1S/C12H13NO3/c14-8-4-7-11(9-15)13-12(16)10-5-2-1-3-6-10/h1-3,5-6,8-9,11H,4,7H2,(H,13,16)/t11-/m0/s1. The second-order valence-corrected chi connectivity index (χ2v) is 3.33. The van der Waals surface area contributed by atoms with Crippen LogP contribution in [0.15, 0.2) is 30.3 Å². The summed E-state index contributed by atoms with van der Waals surface area (Å²) in [5, 5.41) is 2.55. The first-order valence-corrected chi connectivity index (χ1v) is 5.02. The van der Waals surface area contributed by atoms with Crippen LogP contribution in [-0.4, -0.2) is 24.5 Å². The zero-order chi connectivity index (χ0) is 11.8. The number of carbonyl (C=O) groups excluding carboxylic acids is 3.